The zero-order valence-electron chi connectivity index (χ0n) is 14.8. The summed E-state index contributed by atoms with van der Waals surface area (Å²) in [5, 5.41) is 10.5. The lowest BCUT2D eigenvalue weighted by molar-refractivity contribution is -0.0215. The maximum Gasteiger partial charge on any atom is 0.224 e. The Balaban J connectivity index is 2.17. The van der Waals surface area contributed by atoms with Crippen LogP contribution >= 0.6 is 0 Å². The molecule has 1 aliphatic heterocycles. The molecule has 2 aromatic carbocycles. The number of hydrogen-bond donors (Lipinski definition) is 1. The van der Waals surface area contributed by atoms with Crippen molar-refractivity contribution in [1.29, 1.82) is 0 Å². The standard InChI is InChI=1S/C20H24O4/c1-6-20(2,3)12-7-8-13-14-10-17(22-4)18(23-5)11-16(14)24-19(21)15(13)9-12/h7-11,19,21H,6H2,1-5H3. The third kappa shape index (κ3) is 2.61. The molecule has 1 heterocycles. The Labute approximate surface area is 143 Å². The van der Waals surface area contributed by atoms with Crippen molar-refractivity contribution in [2.75, 3.05) is 14.2 Å². The van der Waals surface area contributed by atoms with Crippen LogP contribution in [0.5, 0.6) is 17.2 Å². The van der Waals surface area contributed by atoms with Gasteiger partial charge in [0.1, 0.15) is 5.75 Å². The van der Waals surface area contributed by atoms with Crippen LogP contribution in [0.25, 0.3) is 11.1 Å². The van der Waals surface area contributed by atoms with Crippen molar-refractivity contribution in [2.24, 2.45) is 0 Å². The van der Waals surface area contributed by atoms with Gasteiger partial charge in [0, 0.05) is 17.2 Å². The minimum absolute atomic E-state index is 0.0482. The lowest BCUT2D eigenvalue weighted by atomic mass is 9.80. The highest BCUT2D eigenvalue weighted by Crippen LogP contribution is 2.47. The first-order valence-electron chi connectivity index (χ1n) is 8.16. The molecular weight excluding hydrogens is 304 g/mol. The second kappa shape index (κ2) is 6.02. The molecule has 0 saturated carbocycles. The Morgan fingerprint density at radius 2 is 1.71 bits per heavy atom. The monoisotopic (exact) mass is 328 g/mol. The average Bonchev–Trinajstić information content (AvgIpc) is 2.60. The molecule has 1 aliphatic rings. The first-order valence-corrected chi connectivity index (χ1v) is 8.16. The highest BCUT2D eigenvalue weighted by Gasteiger charge is 2.28. The number of rotatable bonds is 4. The van der Waals surface area contributed by atoms with Crippen LogP contribution in [-0.2, 0) is 5.41 Å². The van der Waals surface area contributed by atoms with E-state index in [1.807, 2.05) is 12.1 Å². The van der Waals surface area contributed by atoms with E-state index in [9.17, 15) is 5.11 Å². The summed E-state index contributed by atoms with van der Waals surface area (Å²) in [5.74, 6) is 1.81. The van der Waals surface area contributed by atoms with Crippen molar-refractivity contribution >= 4 is 0 Å². The molecule has 24 heavy (non-hydrogen) atoms. The maximum atomic E-state index is 10.5. The highest BCUT2D eigenvalue weighted by atomic mass is 16.6. The van der Waals surface area contributed by atoms with Gasteiger partial charge in [0.15, 0.2) is 11.5 Å². The predicted octanol–water partition coefficient (Wildman–Crippen LogP) is 4.44. The molecule has 0 spiro atoms. The van der Waals surface area contributed by atoms with Gasteiger partial charge in [0.25, 0.3) is 0 Å². The van der Waals surface area contributed by atoms with Crippen molar-refractivity contribution in [3.63, 3.8) is 0 Å². The van der Waals surface area contributed by atoms with E-state index < -0.39 is 6.29 Å². The van der Waals surface area contributed by atoms with Gasteiger partial charge in [-0.05, 0) is 35.1 Å². The van der Waals surface area contributed by atoms with Crippen molar-refractivity contribution in [3.05, 3.63) is 41.5 Å². The van der Waals surface area contributed by atoms with Gasteiger partial charge in [-0.1, -0.05) is 32.9 Å². The zero-order valence-corrected chi connectivity index (χ0v) is 14.8. The molecule has 0 aliphatic carbocycles. The Hall–Kier alpha value is -2.20. The fourth-order valence-corrected chi connectivity index (χ4v) is 2.99. The lowest BCUT2D eigenvalue weighted by Gasteiger charge is -2.30. The van der Waals surface area contributed by atoms with Gasteiger partial charge in [-0.15, -0.1) is 0 Å². The van der Waals surface area contributed by atoms with Gasteiger partial charge in [-0.2, -0.15) is 0 Å². The number of benzene rings is 2. The van der Waals surface area contributed by atoms with Crippen molar-refractivity contribution < 1.29 is 19.3 Å². The Kier molecular flexibility index (Phi) is 4.18. The largest absolute Gasteiger partial charge is 0.493 e. The van der Waals surface area contributed by atoms with Crippen molar-refractivity contribution in [3.8, 4) is 28.4 Å². The van der Waals surface area contributed by atoms with Crippen molar-refractivity contribution in [1.82, 2.24) is 0 Å². The fraction of sp³-hybridized carbons (Fsp3) is 0.400. The van der Waals surface area contributed by atoms with E-state index in [0.717, 1.165) is 23.1 Å². The number of aliphatic hydroxyl groups excluding tert-OH is 1. The second-order valence-electron chi connectivity index (χ2n) is 6.71. The summed E-state index contributed by atoms with van der Waals surface area (Å²) in [7, 11) is 3.19. The molecule has 0 radical (unpaired) electrons. The van der Waals surface area contributed by atoms with Gasteiger partial charge >= 0.3 is 0 Å². The van der Waals surface area contributed by atoms with Gasteiger partial charge in [-0.25, -0.2) is 0 Å². The molecule has 4 heteroatoms. The lowest BCUT2D eigenvalue weighted by Crippen LogP contribution is -2.19. The van der Waals surface area contributed by atoms with E-state index in [2.05, 4.69) is 32.9 Å². The molecule has 0 aromatic heterocycles. The first-order chi connectivity index (χ1) is 11.4. The summed E-state index contributed by atoms with van der Waals surface area (Å²) in [6.45, 7) is 6.57. The molecular formula is C20H24O4. The summed E-state index contributed by atoms with van der Waals surface area (Å²) in [6.07, 6.45) is 0.0304. The van der Waals surface area contributed by atoms with Crippen molar-refractivity contribution in [2.45, 2.75) is 38.9 Å². The van der Waals surface area contributed by atoms with Crippen LogP contribution in [0.2, 0.25) is 0 Å². The molecule has 3 rings (SSSR count). The predicted molar refractivity (Wildman–Crippen MR) is 93.9 cm³/mol. The number of fused-ring (bicyclic) bond motifs is 3. The third-order valence-corrected chi connectivity index (χ3v) is 5.00. The minimum atomic E-state index is -0.988. The Morgan fingerprint density at radius 1 is 1.04 bits per heavy atom. The van der Waals surface area contributed by atoms with Crippen LogP contribution in [0.4, 0.5) is 0 Å². The third-order valence-electron chi connectivity index (χ3n) is 5.00. The van der Waals surface area contributed by atoms with Crippen LogP contribution in [0.3, 0.4) is 0 Å². The molecule has 0 fully saturated rings. The van der Waals surface area contributed by atoms with Crippen LogP contribution in [0.15, 0.2) is 30.3 Å². The Bertz CT molecular complexity index is 764. The zero-order chi connectivity index (χ0) is 17.5. The number of methoxy groups -OCH3 is 2. The van der Waals surface area contributed by atoms with Gasteiger partial charge in [0.05, 0.1) is 14.2 Å². The summed E-state index contributed by atoms with van der Waals surface area (Å²) in [4.78, 5) is 0. The molecule has 0 saturated heterocycles. The van der Waals surface area contributed by atoms with E-state index in [1.54, 1.807) is 20.3 Å². The van der Waals surface area contributed by atoms with Gasteiger partial charge in [0.2, 0.25) is 6.29 Å². The van der Waals surface area contributed by atoms with Crippen LogP contribution in [0.1, 0.15) is 44.6 Å². The SMILES string of the molecule is CCC(C)(C)c1ccc2c(c1)C(O)Oc1cc(OC)c(OC)cc1-2. The number of aliphatic hydroxyl groups is 1. The first kappa shape index (κ1) is 16.7. The smallest absolute Gasteiger partial charge is 0.224 e. The number of hydrogen-bond acceptors (Lipinski definition) is 4. The molecule has 2 aromatic rings. The van der Waals surface area contributed by atoms with E-state index in [0.29, 0.717) is 17.2 Å². The molecule has 1 N–H and O–H groups in total. The molecule has 0 bridgehead atoms. The second-order valence-corrected chi connectivity index (χ2v) is 6.71. The van der Waals surface area contributed by atoms with E-state index in [4.69, 9.17) is 14.2 Å². The van der Waals surface area contributed by atoms with Crippen LogP contribution in [-0.4, -0.2) is 19.3 Å². The molecule has 0 amide bonds. The van der Waals surface area contributed by atoms with Crippen LogP contribution in [0, 0.1) is 0 Å². The topological polar surface area (TPSA) is 47.9 Å². The average molecular weight is 328 g/mol. The molecule has 1 atom stereocenters. The normalized spacial score (nSPS) is 16.0. The van der Waals surface area contributed by atoms with E-state index in [-0.39, 0.29) is 5.41 Å². The fourth-order valence-electron chi connectivity index (χ4n) is 2.99. The molecule has 1 unspecified atom stereocenters. The van der Waals surface area contributed by atoms with E-state index >= 15 is 0 Å². The number of ether oxygens (including phenoxy) is 3. The molecule has 128 valence electrons. The summed E-state index contributed by atoms with van der Waals surface area (Å²) in [5.41, 5.74) is 3.88. The summed E-state index contributed by atoms with van der Waals surface area (Å²) >= 11 is 0. The van der Waals surface area contributed by atoms with Crippen LogP contribution < -0.4 is 14.2 Å². The summed E-state index contributed by atoms with van der Waals surface area (Å²) in [6, 6.07) is 9.87. The molecule has 4 nitrogen and oxygen atoms in total. The van der Waals surface area contributed by atoms with Gasteiger partial charge < -0.3 is 19.3 Å². The van der Waals surface area contributed by atoms with Gasteiger partial charge in [-0.3, -0.25) is 0 Å². The maximum absolute atomic E-state index is 10.5. The minimum Gasteiger partial charge on any atom is -0.493 e. The highest BCUT2D eigenvalue weighted by molar-refractivity contribution is 5.78. The Morgan fingerprint density at radius 3 is 2.33 bits per heavy atom. The quantitative estimate of drug-likeness (QED) is 0.901. The summed E-state index contributed by atoms with van der Waals surface area (Å²) < 4.78 is 16.4. The van der Waals surface area contributed by atoms with E-state index in [1.165, 1.54) is 5.56 Å².